The zero-order valence-corrected chi connectivity index (χ0v) is 22.0. The van der Waals surface area contributed by atoms with Gasteiger partial charge in [-0.3, -0.25) is 0 Å². The van der Waals surface area contributed by atoms with Crippen molar-refractivity contribution in [3.05, 3.63) is 189 Å². The molecule has 9 rings (SSSR count). The normalized spacial score (nSPS) is 16.2. The van der Waals surface area contributed by atoms with Gasteiger partial charge in [0.2, 0.25) is 0 Å². The standard InChI is InChI=1S/C40H26/c1-5-17-32-27(11-1)23-24-28-12-2-6-18-33(28)39(32)36-21-9-15-31-16-10-22-37(38(31)36)40(39)34-19-7-3-13-29(34)25-26-30-14-4-8-20-35(30)40/h1-26H. The zero-order chi connectivity index (χ0) is 26.3. The molecule has 6 aromatic rings. The second-order valence-electron chi connectivity index (χ2n) is 11.2. The molecule has 0 fully saturated rings. The number of fused-ring (bicyclic) bond motifs is 11. The van der Waals surface area contributed by atoms with Crippen molar-refractivity contribution in [2.24, 2.45) is 0 Å². The summed E-state index contributed by atoms with van der Waals surface area (Å²) in [5.41, 5.74) is 12.3. The minimum Gasteiger partial charge on any atom is -0.0619 e. The molecule has 0 nitrogen and oxygen atoms in total. The fraction of sp³-hybridized carbons (Fsp3) is 0.0500. The van der Waals surface area contributed by atoms with Crippen molar-refractivity contribution in [1.82, 2.24) is 0 Å². The van der Waals surface area contributed by atoms with Crippen molar-refractivity contribution in [3.8, 4) is 0 Å². The van der Waals surface area contributed by atoms with Gasteiger partial charge in [-0.05, 0) is 66.4 Å². The molecule has 0 radical (unpaired) electrons. The van der Waals surface area contributed by atoms with Crippen LogP contribution in [0.1, 0.15) is 55.6 Å². The Morgan fingerprint density at radius 1 is 0.275 bits per heavy atom. The minimum atomic E-state index is -0.509. The Balaban J connectivity index is 1.65. The van der Waals surface area contributed by atoms with Gasteiger partial charge in [0.25, 0.3) is 0 Å². The van der Waals surface area contributed by atoms with Gasteiger partial charge in [-0.1, -0.05) is 158 Å². The first kappa shape index (κ1) is 21.9. The molecule has 0 bridgehead atoms. The largest absolute Gasteiger partial charge is 0.0647 e. The van der Waals surface area contributed by atoms with Crippen LogP contribution in [0.25, 0.3) is 35.1 Å². The lowest BCUT2D eigenvalue weighted by molar-refractivity contribution is 0.441. The first-order chi connectivity index (χ1) is 19.8. The van der Waals surface area contributed by atoms with E-state index in [1.54, 1.807) is 0 Å². The summed E-state index contributed by atoms with van der Waals surface area (Å²) >= 11 is 0. The highest BCUT2D eigenvalue weighted by molar-refractivity contribution is 6.01. The van der Waals surface area contributed by atoms with E-state index in [1.807, 2.05) is 0 Å². The third-order valence-corrected chi connectivity index (χ3v) is 9.62. The van der Waals surface area contributed by atoms with Crippen LogP contribution in [0.5, 0.6) is 0 Å². The fourth-order valence-corrected chi connectivity index (χ4v) is 8.34. The summed E-state index contributed by atoms with van der Waals surface area (Å²) in [4.78, 5) is 0. The third kappa shape index (κ3) is 2.44. The summed E-state index contributed by atoms with van der Waals surface area (Å²) in [7, 11) is 0. The molecule has 0 saturated carbocycles. The van der Waals surface area contributed by atoms with E-state index in [9.17, 15) is 0 Å². The van der Waals surface area contributed by atoms with Crippen molar-refractivity contribution in [2.75, 3.05) is 0 Å². The molecule has 186 valence electrons. The monoisotopic (exact) mass is 506 g/mol. The molecule has 0 heterocycles. The highest BCUT2D eigenvalue weighted by Gasteiger charge is 2.64. The molecule has 0 aliphatic heterocycles. The van der Waals surface area contributed by atoms with Gasteiger partial charge < -0.3 is 0 Å². The summed E-state index contributed by atoms with van der Waals surface area (Å²) in [5.74, 6) is 0. The van der Waals surface area contributed by atoms with E-state index in [0.717, 1.165) is 0 Å². The third-order valence-electron chi connectivity index (χ3n) is 9.62. The Bertz CT molecular complexity index is 1820. The van der Waals surface area contributed by atoms with E-state index in [-0.39, 0.29) is 0 Å². The summed E-state index contributed by atoms with van der Waals surface area (Å²) in [6, 6.07) is 50.3. The van der Waals surface area contributed by atoms with Gasteiger partial charge in [0.15, 0.2) is 0 Å². The van der Waals surface area contributed by atoms with E-state index in [1.165, 1.54) is 66.4 Å². The molecule has 0 atom stereocenters. The van der Waals surface area contributed by atoms with Crippen molar-refractivity contribution >= 4 is 35.1 Å². The van der Waals surface area contributed by atoms with E-state index < -0.39 is 10.8 Å². The Morgan fingerprint density at radius 3 is 0.925 bits per heavy atom. The average Bonchev–Trinajstić information content (AvgIpc) is 3.10. The van der Waals surface area contributed by atoms with Gasteiger partial charge >= 0.3 is 0 Å². The predicted molar refractivity (Wildman–Crippen MR) is 167 cm³/mol. The van der Waals surface area contributed by atoms with Crippen molar-refractivity contribution < 1.29 is 0 Å². The maximum absolute atomic E-state index is 2.41. The number of hydrogen-bond acceptors (Lipinski definition) is 0. The molecule has 0 saturated heterocycles. The summed E-state index contributed by atoms with van der Waals surface area (Å²) in [6.45, 7) is 0. The molecule has 2 spiro atoms. The van der Waals surface area contributed by atoms with E-state index in [2.05, 4.69) is 158 Å². The average molecular weight is 507 g/mol. The predicted octanol–water partition coefficient (Wildman–Crippen LogP) is 9.49. The first-order valence-corrected chi connectivity index (χ1v) is 14.1. The quantitative estimate of drug-likeness (QED) is 0.192. The highest BCUT2D eigenvalue weighted by atomic mass is 14.6. The molecule has 0 aromatic heterocycles. The van der Waals surface area contributed by atoms with E-state index in [0.29, 0.717) is 0 Å². The number of rotatable bonds is 0. The molecule has 0 amide bonds. The van der Waals surface area contributed by atoms with E-state index >= 15 is 0 Å². The van der Waals surface area contributed by atoms with Gasteiger partial charge in [-0.25, -0.2) is 0 Å². The summed E-state index contributed by atoms with van der Waals surface area (Å²) in [5, 5.41) is 2.67. The van der Waals surface area contributed by atoms with Crippen LogP contribution in [0.15, 0.2) is 133 Å². The number of hydrogen-bond donors (Lipinski definition) is 0. The Hall–Kier alpha value is -4.94. The van der Waals surface area contributed by atoms with Gasteiger partial charge in [0, 0.05) is 0 Å². The maximum Gasteiger partial charge on any atom is 0.0647 e. The second kappa shape index (κ2) is 7.81. The molecule has 0 N–H and O–H groups in total. The van der Waals surface area contributed by atoms with Crippen LogP contribution in [0.4, 0.5) is 0 Å². The molecular weight excluding hydrogens is 480 g/mol. The lowest BCUT2D eigenvalue weighted by Crippen LogP contribution is -2.50. The Morgan fingerprint density at radius 2 is 0.575 bits per heavy atom. The van der Waals surface area contributed by atoms with Crippen molar-refractivity contribution in [1.29, 1.82) is 0 Å². The topological polar surface area (TPSA) is 0 Å². The number of benzene rings is 6. The lowest BCUT2D eigenvalue weighted by atomic mass is 9.49. The lowest BCUT2D eigenvalue weighted by Gasteiger charge is -2.51. The van der Waals surface area contributed by atoms with Crippen LogP contribution in [-0.4, -0.2) is 0 Å². The smallest absolute Gasteiger partial charge is 0.0619 e. The fourth-order valence-electron chi connectivity index (χ4n) is 8.34. The first-order valence-electron chi connectivity index (χ1n) is 14.1. The molecule has 40 heavy (non-hydrogen) atoms. The van der Waals surface area contributed by atoms with Gasteiger partial charge in [0.1, 0.15) is 0 Å². The highest BCUT2D eigenvalue weighted by Crippen LogP contribution is 2.68. The molecule has 6 aromatic carbocycles. The SMILES string of the molecule is C1=Cc2ccccc2C2(c3ccccc31)c1cccc3cccc(c13)C21c2ccccc2C=Cc2ccccc21. The molecule has 3 aliphatic rings. The van der Waals surface area contributed by atoms with Gasteiger partial charge in [0.05, 0.1) is 10.8 Å². The molecule has 3 aliphatic carbocycles. The van der Waals surface area contributed by atoms with Crippen LogP contribution in [0, 0.1) is 0 Å². The zero-order valence-electron chi connectivity index (χ0n) is 22.0. The van der Waals surface area contributed by atoms with Crippen molar-refractivity contribution in [3.63, 3.8) is 0 Å². The van der Waals surface area contributed by atoms with Crippen LogP contribution < -0.4 is 0 Å². The summed E-state index contributed by atoms with van der Waals surface area (Å²) in [6.07, 6.45) is 9.30. The molecule has 0 heteroatoms. The second-order valence-corrected chi connectivity index (χ2v) is 11.2. The van der Waals surface area contributed by atoms with Crippen molar-refractivity contribution in [2.45, 2.75) is 10.8 Å². The molecule has 0 unspecified atom stereocenters. The van der Waals surface area contributed by atoms with Gasteiger partial charge in [-0.15, -0.1) is 0 Å². The van der Waals surface area contributed by atoms with Crippen LogP contribution in [-0.2, 0) is 10.8 Å². The van der Waals surface area contributed by atoms with Crippen LogP contribution in [0.2, 0.25) is 0 Å². The van der Waals surface area contributed by atoms with E-state index in [4.69, 9.17) is 0 Å². The Kier molecular flexibility index (Phi) is 4.28. The minimum absolute atomic E-state index is 0.509. The maximum atomic E-state index is 2.41. The summed E-state index contributed by atoms with van der Waals surface area (Å²) < 4.78 is 0. The van der Waals surface area contributed by atoms with Crippen LogP contribution >= 0.6 is 0 Å². The van der Waals surface area contributed by atoms with Crippen LogP contribution in [0.3, 0.4) is 0 Å². The van der Waals surface area contributed by atoms with Gasteiger partial charge in [-0.2, -0.15) is 0 Å². The Labute approximate surface area is 234 Å². The molecular formula is C40H26.